The summed E-state index contributed by atoms with van der Waals surface area (Å²) in [7, 11) is 0. The lowest BCUT2D eigenvalue weighted by Crippen LogP contribution is -2.20. The number of nitrogens with one attached hydrogen (secondary N) is 2. The minimum absolute atomic E-state index is 0. The zero-order valence-corrected chi connectivity index (χ0v) is 14.3. The Kier molecular flexibility index (Phi) is 9.06. The second-order valence-corrected chi connectivity index (χ2v) is 5.61. The molecule has 1 aromatic carbocycles. The molecule has 120 valence electrons. The van der Waals surface area contributed by atoms with Crippen molar-refractivity contribution in [1.29, 1.82) is 0 Å². The summed E-state index contributed by atoms with van der Waals surface area (Å²) in [5, 5.41) is 6.90. The van der Waals surface area contributed by atoms with Gasteiger partial charge in [-0.05, 0) is 44.4 Å². The summed E-state index contributed by atoms with van der Waals surface area (Å²) in [5.41, 5.74) is 7.32. The number of benzene rings is 1. The van der Waals surface area contributed by atoms with Gasteiger partial charge in [0.15, 0.2) is 0 Å². The third-order valence-electron chi connectivity index (χ3n) is 3.02. The molecule has 0 radical (unpaired) electrons. The Labute approximate surface area is 143 Å². The number of anilines is 2. The lowest BCUT2D eigenvalue weighted by Gasteiger charge is -2.13. The minimum atomic E-state index is -0.0292. The predicted octanol–water partition coefficient (Wildman–Crippen LogP) is 3.82. The number of carbonyl (C=O) groups excluding carboxylic acids is 1. The van der Waals surface area contributed by atoms with Gasteiger partial charge in [-0.3, -0.25) is 4.79 Å². The van der Waals surface area contributed by atoms with Crippen LogP contribution in [0.1, 0.15) is 32.6 Å². The van der Waals surface area contributed by atoms with E-state index in [1.807, 2.05) is 19.1 Å². The molecule has 1 saturated carbocycles. The molecule has 0 aromatic heterocycles. The lowest BCUT2D eigenvalue weighted by atomic mass is 10.2. The maximum Gasteiger partial charge on any atom is 0.224 e. The topological polar surface area (TPSA) is 67.2 Å². The lowest BCUT2D eigenvalue weighted by molar-refractivity contribution is -0.116. The summed E-state index contributed by atoms with van der Waals surface area (Å²) < 4.78 is 0. The van der Waals surface area contributed by atoms with E-state index in [1.165, 1.54) is 12.8 Å². The number of hydrogen-bond acceptors (Lipinski definition) is 3. The van der Waals surface area contributed by atoms with Crippen LogP contribution in [-0.4, -0.2) is 18.0 Å². The van der Waals surface area contributed by atoms with Crippen molar-refractivity contribution in [2.45, 2.75) is 44.7 Å². The Hall–Kier alpha value is -0.680. The zero-order valence-electron chi connectivity index (χ0n) is 11.9. The minimum Gasteiger partial charge on any atom is -0.381 e. The average molecular weight is 355 g/mol. The zero-order chi connectivity index (χ0) is 13.8. The summed E-state index contributed by atoms with van der Waals surface area (Å²) in [6.07, 6.45) is 3.46. The van der Waals surface area contributed by atoms with Gasteiger partial charge < -0.3 is 16.4 Å². The Morgan fingerprint density at radius 3 is 2.62 bits per heavy atom. The number of halogens is 3. The van der Waals surface area contributed by atoms with Crippen LogP contribution in [0.4, 0.5) is 11.4 Å². The highest BCUT2D eigenvalue weighted by Crippen LogP contribution is 2.31. The molecule has 0 aliphatic heterocycles. The van der Waals surface area contributed by atoms with E-state index in [-0.39, 0.29) is 36.8 Å². The maximum absolute atomic E-state index is 11.8. The summed E-state index contributed by atoms with van der Waals surface area (Å²) in [5.74, 6) is -0.0292. The van der Waals surface area contributed by atoms with Gasteiger partial charge in [0.2, 0.25) is 5.91 Å². The Bertz CT molecular complexity index is 465. The molecule has 1 unspecified atom stereocenters. The van der Waals surface area contributed by atoms with E-state index in [0.29, 0.717) is 23.9 Å². The quantitative estimate of drug-likeness (QED) is 0.727. The number of carbonyl (C=O) groups is 1. The van der Waals surface area contributed by atoms with Crippen LogP contribution in [0.3, 0.4) is 0 Å². The highest BCUT2D eigenvalue weighted by atomic mass is 35.5. The molecule has 0 heterocycles. The highest BCUT2D eigenvalue weighted by molar-refractivity contribution is 6.31. The van der Waals surface area contributed by atoms with Crippen LogP contribution in [0.5, 0.6) is 0 Å². The van der Waals surface area contributed by atoms with Crippen molar-refractivity contribution in [2.24, 2.45) is 5.73 Å². The first-order chi connectivity index (χ1) is 9.04. The van der Waals surface area contributed by atoms with Gasteiger partial charge in [-0.15, -0.1) is 24.8 Å². The van der Waals surface area contributed by atoms with Gasteiger partial charge in [-0.25, -0.2) is 0 Å². The van der Waals surface area contributed by atoms with Crippen molar-refractivity contribution in [3.63, 3.8) is 0 Å². The summed E-state index contributed by atoms with van der Waals surface area (Å²) in [6.45, 7) is 1.90. The monoisotopic (exact) mass is 353 g/mol. The smallest absolute Gasteiger partial charge is 0.224 e. The highest BCUT2D eigenvalue weighted by Gasteiger charge is 2.22. The Morgan fingerprint density at radius 1 is 1.38 bits per heavy atom. The molecule has 21 heavy (non-hydrogen) atoms. The van der Waals surface area contributed by atoms with E-state index in [0.717, 1.165) is 11.4 Å². The van der Waals surface area contributed by atoms with E-state index in [2.05, 4.69) is 10.6 Å². The molecule has 0 saturated heterocycles. The Morgan fingerprint density at radius 2 is 2.05 bits per heavy atom. The number of hydrogen-bond donors (Lipinski definition) is 3. The molecule has 7 heteroatoms. The molecule has 4 nitrogen and oxygen atoms in total. The molecule has 1 amide bonds. The fourth-order valence-corrected chi connectivity index (χ4v) is 1.94. The molecular weight excluding hydrogens is 333 g/mol. The molecule has 1 fully saturated rings. The van der Waals surface area contributed by atoms with E-state index >= 15 is 0 Å². The first-order valence-electron chi connectivity index (χ1n) is 6.66. The van der Waals surface area contributed by atoms with Crippen molar-refractivity contribution in [1.82, 2.24) is 0 Å². The number of rotatable bonds is 6. The third-order valence-corrected chi connectivity index (χ3v) is 3.25. The van der Waals surface area contributed by atoms with Gasteiger partial charge in [0.05, 0.1) is 11.4 Å². The van der Waals surface area contributed by atoms with Crippen LogP contribution >= 0.6 is 36.4 Å². The summed E-state index contributed by atoms with van der Waals surface area (Å²) >= 11 is 5.98. The van der Waals surface area contributed by atoms with Crippen LogP contribution in [0.15, 0.2) is 18.2 Å². The van der Waals surface area contributed by atoms with Crippen LogP contribution in [0, 0.1) is 0 Å². The molecule has 4 N–H and O–H groups in total. The SMILES string of the molecule is CC(N)CCC(=O)Nc1cc(Cl)ccc1NC1CC1.Cl.Cl. The van der Waals surface area contributed by atoms with Gasteiger partial charge in [0, 0.05) is 23.5 Å². The third kappa shape index (κ3) is 7.23. The Balaban J connectivity index is 0.00000200. The average Bonchev–Trinajstić information content (AvgIpc) is 3.14. The largest absolute Gasteiger partial charge is 0.381 e. The van der Waals surface area contributed by atoms with E-state index < -0.39 is 0 Å². The van der Waals surface area contributed by atoms with Crippen molar-refractivity contribution in [2.75, 3.05) is 10.6 Å². The van der Waals surface area contributed by atoms with E-state index in [9.17, 15) is 4.79 Å². The fraction of sp³-hybridized carbons (Fsp3) is 0.500. The molecule has 1 aliphatic carbocycles. The van der Waals surface area contributed by atoms with Gasteiger partial charge in [-0.1, -0.05) is 11.6 Å². The fourth-order valence-electron chi connectivity index (χ4n) is 1.76. The van der Waals surface area contributed by atoms with Crippen molar-refractivity contribution in [3.8, 4) is 0 Å². The van der Waals surface area contributed by atoms with Crippen LogP contribution in [0.25, 0.3) is 0 Å². The molecule has 0 spiro atoms. The predicted molar refractivity (Wildman–Crippen MR) is 94.1 cm³/mol. The number of amides is 1. The van der Waals surface area contributed by atoms with Gasteiger partial charge in [-0.2, -0.15) is 0 Å². The van der Waals surface area contributed by atoms with Crippen molar-refractivity contribution >= 4 is 53.7 Å². The number of nitrogens with two attached hydrogens (primary N) is 1. The van der Waals surface area contributed by atoms with Gasteiger partial charge in [0.25, 0.3) is 0 Å². The van der Waals surface area contributed by atoms with Crippen LogP contribution < -0.4 is 16.4 Å². The first-order valence-corrected chi connectivity index (χ1v) is 7.04. The molecule has 1 aromatic rings. The first kappa shape index (κ1) is 20.3. The van der Waals surface area contributed by atoms with Crippen LogP contribution in [-0.2, 0) is 4.79 Å². The van der Waals surface area contributed by atoms with Crippen LogP contribution in [0.2, 0.25) is 5.02 Å². The maximum atomic E-state index is 11.8. The molecule has 1 aliphatic rings. The van der Waals surface area contributed by atoms with E-state index in [1.54, 1.807) is 6.07 Å². The normalized spacial score (nSPS) is 14.4. The standard InChI is InChI=1S/C14H20ClN3O.2ClH/c1-9(16)2-7-14(19)18-13-8-10(15)3-6-12(13)17-11-4-5-11;;/h3,6,8-9,11,17H,2,4-5,7,16H2,1H3,(H,18,19);2*1H. The second kappa shape index (κ2) is 9.36. The van der Waals surface area contributed by atoms with Crippen molar-refractivity contribution in [3.05, 3.63) is 23.2 Å². The summed E-state index contributed by atoms with van der Waals surface area (Å²) in [6, 6.07) is 6.07. The summed E-state index contributed by atoms with van der Waals surface area (Å²) in [4.78, 5) is 11.8. The molecule has 2 rings (SSSR count). The molecular formula is C14H22Cl3N3O. The van der Waals surface area contributed by atoms with E-state index in [4.69, 9.17) is 17.3 Å². The second-order valence-electron chi connectivity index (χ2n) is 5.17. The molecule has 1 atom stereocenters. The van der Waals surface area contributed by atoms with Crippen molar-refractivity contribution < 1.29 is 4.79 Å². The van der Waals surface area contributed by atoms with Gasteiger partial charge >= 0.3 is 0 Å². The van der Waals surface area contributed by atoms with Gasteiger partial charge in [0.1, 0.15) is 0 Å². The molecule has 0 bridgehead atoms.